The van der Waals surface area contributed by atoms with E-state index in [0.29, 0.717) is 30.8 Å². The van der Waals surface area contributed by atoms with E-state index in [-0.39, 0.29) is 24.8 Å². The Morgan fingerprint density at radius 2 is 1.81 bits per heavy atom. The summed E-state index contributed by atoms with van der Waals surface area (Å²) in [7, 11) is 0. The van der Waals surface area contributed by atoms with Gasteiger partial charge in [-0.05, 0) is 36.1 Å². The Morgan fingerprint density at radius 3 is 2.56 bits per heavy atom. The van der Waals surface area contributed by atoms with Gasteiger partial charge in [-0.2, -0.15) is 0 Å². The molecule has 0 aromatic heterocycles. The molecular formula is C25H27ClN2O4. The maximum absolute atomic E-state index is 12.8. The van der Waals surface area contributed by atoms with Crippen LogP contribution in [0.15, 0.2) is 66.7 Å². The summed E-state index contributed by atoms with van der Waals surface area (Å²) in [5, 5.41) is 6.41. The summed E-state index contributed by atoms with van der Waals surface area (Å²) < 4.78 is 5.54. The van der Waals surface area contributed by atoms with Crippen LogP contribution in [0.2, 0.25) is 5.02 Å². The van der Waals surface area contributed by atoms with E-state index in [1.165, 1.54) is 0 Å². The lowest BCUT2D eigenvalue weighted by Gasteiger charge is -2.22. The molecule has 1 aliphatic heterocycles. The van der Waals surface area contributed by atoms with Gasteiger partial charge in [0.25, 0.3) is 0 Å². The second-order valence-electron chi connectivity index (χ2n) is 7.71. The summed E-state index contributed by atoms with van der Waals surface area (Å²) >= 11 is 5.88. The van der Waals surface area contributed by atoms with Crippen LogP contribution in [0.3, 0.4) is 0 Å². The minimum atomic E-state index is -0.594. The van der Waals surface area contributed by atoms with Crippen molar-refractivity contribution in [2.75, 3.05) is 6.61 Å². The lowest BCUT2D eigenvalue weighted by molar-refractivity contribution is -0.151. The molecule has 7 heteroatoms. The van der Waals surface area contributed by atoms with E-state index in [2.05, 4.69) is 10.6 Å². The molecule has 2 N–H and O–H groups in total. The number of allylic oxidation sites excluding steroid dienone is 2. The van der Waals surface area contributed by atoms with E-state index in [4.69, 9.17) is 16.3 Å². The number of cyclic esters (lactones) is 1. The molecule has 0 saturated heterocycles. The van der Waals surface area contributed by atoms with E-state index in [9.17, 15) is 14.4 Å². The molecule has 168 valence electrons. The normalized spacial score (nSPS) is 19.8. The molecule has 0 fully saturated rings. The number of nitrogens with one attached hydrogen (secondary N) is 2. The third-order valence-corrected chi connectivity index (χ3v) is 5.47. The molecule has 32 heavy (non-hydrogen) atoms. The van der Waals surface area contributed by atoms with Crippen LogP contribution in [0.25, 0.3) is 0 Å². The molecule has 1 aliphatic rings. The van der Waals surface area contributed by atoms with Gasteiger partial charge >= 0.3 is 5.97 Å². The highest BCUT2D eigenvalue weighted by Gasteiger charge is 2.25. The van der Waals surface area contributed by atoms with Gasteiger partial charge in [0.05, 0.1) is 12.0 Å². The van der Waals surface area contributed by atoms with E-state index in [1.54, 1.807) is 12.1 Å². The minimum Gasteiger partial charge on any atom is -0.463 e. The first kappa shape index (κ1) is 23.5. The number of hydrogen-bond donors (Lipinski definition) is 2. The number of halogens is 1. The van der Waals surface area contributed by atoms with Crippen molar-refractivity contribution in [2.45, 2.75) is 38.3 Å². The number of benzene rings is 2. The molecule has 2 aromatic carbocycles. The van der Waals surface area contributed by atoms with E-state index >= 15 is 0 Å². The molecule has 2 amide bonds. The van der Waals surface area contributed by atoms with Gasteiger partial charge in [-0.1, -0.05) is 66.2 Å². The van der Waals surface area contributed by atoms with Crippen molar-refractivity contribution in [3.05, 3.63) is 82.9 Å². The molecule has 0 unspecified atom stereocenters. The number of amides is 2. The van der Waals surface area contributed by atoms with Gasteiger partial charge in [-0.3, -0.25) is 14.4 Å². The van der Waals surface area contributed by atoms with Gasteiger partial charge < -0.3 is 15.4 Å². The van der Waals surface area contributed by atoms with Gasteiger partial charge in [0.15, 0.2) is 0 Å². The van der Waals surface area contributed by atoms with Crippen molar-refractivity contribution in [3.63, 3.8) is 0 Å². The zero-order valence-electron chi connectivity index (χ0n) is 17.8. The van der Waals surface area contributed by atoms with Crippen LogP contribution >= 0.6 is 11.6 Å². The molecular weight excluding hydrogens is 428 g/mol. The maximum atomic E-state index is 12.8. The number of ether oxygens (including phenoxy) is 1. The molecule has 0 spiro atoms. The first-order valence-corrected chi connectivity index (χ1v) is 11.1. The summed E-state index contributed by atoms with van der Waals surface area (Å²) in [5.41, 5.74) is 1.78. The van der Waals surface area contributed by atoms with Gasteiger partial charge in [0, 0.05) is 24.4 Å². The second-order valence-corrected chi connectivity index (χ2v) is 8.15. The van der Waals surface area contributed by atoms with E-state index in [1.807, 2.05) is 54.6 Å². The Balaban J connectivity index is 1.62. The van der Waals surface area contributed by atoms with Crippen LogP contribution in [0, 0.1) is 5.92 Å². The third-order valence-electron chi connectivity index (χ3n) is 5.22. The molecule has 2 atom stereocenters. The van der Waals surface area contributed by atoms with Crippen LogP contribution < -0.4 is 10.6 Å². The molecule has 0 bridgehead atoms. The Hall–Kier alpha value is -3.12. The van der Waals surface area contributed by atoms with Crippen LogP contribution in [0.4, 0.5) is 0 Å². The maximum Gasteiger partial charge on any atom is 0.309 e. The number of carbonyl (C=O) groups excluding carboxylic acids is 3. The molecule has 1 heterocycles. The predicted octanol–water partition coefficient (Wildman–Crippen LogP) is 4.10. The monoisotopic (exact) mass is 454 g/mol. The average Bonchev–Trinajstić information content (AvgIpc) is 2.80. The lowest BCUT2D eigenvalue weighted by atomic mass is 9.99. The fourth-order valence-electron chi connectivity index (χ4n) is 3.41. The smallest absolute Gasteiger partial charge is 0.309 e. The van der Waals surface area contributed by atoms with Crippen LogP contribution in [0.1, 0.15) is 42.9 Å². The van der Waals surface area contributed by atoms with Crippen molar-refractivity contribution in [1.29, 1.82) is 0 Å². The van der Waals surface area contributed by atoms with Crippen LogP contribution in [0.5, 0.6) is 0 Å². The number of rotatable bonds is 5. The molecule has 0 aliphatic carbocycles. The largest absolute Gasteiger partial charge is 0.463 e. The van der Waals surface area contributed by atoms with Crippen molar-refractivity contribution >= 4 is 29.4 Å². The summed E-state index contributed by atoms with van der Waals surface area (Å²) in [4.78, 5) is 37.5. The zero-order valence-corrected chi connectivity index (χ0v) is 18.5. The lowest BCUT2D eigenvalue weighted by Crippen LogP contribution is -2.34. The van der Waals surface area contributed by atoms with Gasteiger partial charge in [-0.15, -0.1) is 0 Å². The molecule has 0 radical (unpaired) electrons. The van der Waals surface area contributed by atoms with Crippen molar-refractivity contribution in [1.82, 2.24) is 10.6 Å². The highest BCUT2D eigenvalue weighted by molar-refractivity contribution is 6.30. The van der Waals surface area contributed by atoms with Crippen molar-refractivity contribution in [3.8, 4) is 0 Å². The second kappa shape index (κ2) is 12.1. The molecule has 2 aromatic rings. The quantitative estimate of drug-likeness (QED) is 0.526. The first-order chi connectivity index (χ1) is 15.5. The molecule has 3 rings (SSSR count). The topological polar surface area (TPSA) is 84.5 Å². The summed E-state index contributed by atoms with van der Waals surface area (Å²) in [6.45, 7) is 0.372. The zero-order chi connectivity index (χ0) is 22.8. The summed E-state index contributed by atoms with van der Waals surface area (Å²) in [6.07, 6.45) is 5.02. The van der Waals surface area contributed by atoms with Crippen LogP contribution in [-0.4, -0.2) is 24.4 Å². The Labute approximate surface area is 193 Å². The highest BCUT2D eigenvalue weighted by Crippen LogP contribution is 2.18. The van der Waals surface area contributed by atoms with E-state index in [0.717, 1.165) is 11.1 Å². The van der Waals surface area contributed by atoms with Gasteiger partial charge in [0.2, 0.25) is 11.8 Å². The average molecular weight is 455 g/mol. The standard InChI is InChI=1S/C25H27ClN2O4/c26-21-13-11-18(12-14-21)16-27-24(30)15-20-9-5-2-6-10-23(29)28-22(17-32-25(20)31)19-7-3-1-4-8-19/h1-5,7-8,11-14,20,22H,6,9-10,15-17H2,(H,27,30)(H,28,29)/t20-,22+/m0/s1. The van der Waals surface area contributed by atoms with Gasteiger partial charge in [-0.25, -0.2) is 0 Å². The van der Waals surface area contributed by atoms with Crippen LogP contribution in [-0.2, 0) is 25.7 Å². The van der Waals surface area contributed by atoms with E-state index < -0.39 is 17.9 Å². The number of carbonyl (C=O) groups is 3. The first-order valence-electron chi connectivity index (χ1n) is 10.7. The Morgan fingerprint density at radius 1 is 1.06 bits per heavy atom. The minimum absolute atomic E-state index is 0.0151. The SMILES string of the molecule is O=C(C[C@@H]1CC=CCCC(=O)N[C@@H](c2ccccc2)COC1=O)NCc1ccc(Cl)cc1. The van der Waals surface area contributed by atoms with Gasteiger partial charge in [0.1, 0.15) is 6.61 Å². The number of esters is 1. The highest BCUT2D eigenvalue weighted by atomic mass is 35.5. The Kier molecular flexibility index (Phi) is 8.87. The third kappa shape index (κ3) is 7.54. The van der Waals surface area contributed by atoms with Crippen molar-refractivity contribution < 1.29 is 19.1 Å². The van der Waals surface area contributed by atoms with Crippen molar-refractivity contribution in [2.24, 2.45) is 5.92 Å². The fourth-order valence-corrected chi connectivity index (χ4v) is 3.54. The predicted molar refractivity (Wildman–Crippen MR) is 123 cm³/mol. The summed E-state index contributed by atoms with van der Waals surface area (Å²) in [5.74, 6) is -1.37. The fraction of sp³-hybridized carbons (Fsp3) is 0.320. The Bertz CT molecular complexity index is 944. The molecule has 0 saturated carbocycles. The summed E-state index contributed by atoms with van der Waals surface area (Å²) in [6, 6.07) is 16.2. The molecule has 6 nitrogen and oxygen atoms in total. The number of hydrogen-bond acceptors (Lipinski definition) is 4.